The molecule has 0 fully saturated rings. The smallest absolute Gasteiger partial charge is 0.444 e. The van der Waals surface area contributed by atoms with Crippen molar-refractivity contribution in [3.8, 4) is 22.8 Å². The Morgan fingerprint density at radius 1 is 1.08 bits per heavy atom. The number of halogens is 3. The van der Waals surface area contributed by atoms with Crippen LogP contribution in [0.3, 0.4) is 0 Å². The minimum atomic E-state index is -4.42. The lowest BCUT2D eigenvalue weighted by Gasteiger charge is -2.24. The number of ether oxygens (including phenoxy) is 3. The highest BCUT2D eigenvalue weighted by atomic mass is 32.2. The minimum absolute atomic E-state index is 0.0143. The molecule has 1 amide bonds. The topological polar surface area (TPSA) is 87.1 Å². The standard InChI is InChI=1S/C24H23F3N2O6S/c1-23(2,3)35-22(30)28(4)13-15-11-19(17-7-5-6-8-18(17)25)29(14-15)36(31,32)16-9-10-20-21(12-16)34-24(26,27)33-20/h5-12,14H,13H2,1-4H3. The molecule has 0 bridgehead atoms. The van der Waals surface area contributed by atoms with Crippen LogP contribution in [0, 0.1) is 5.82 Å². The third-order valence-corrected chi connectivity index (χ3v) is 6.72. The Bertz CT molecular complexity index is 1430. The third kappa shape index (κ3) is 5.13. The minimum Gasteiger partial charge on any atom is -0.444 e. The molecule has 4 rings (SSSR count). The zero-order valence-corrected chi connectivity index (χ0v) is 20.6. The molecular formula is C24H23F3N2O6S. The molecule has 0 saturated carbocycles. The first-order chi connectivity index (χ1) is 16.7. The normalized spacial score (nSPS) is 14.5. The second kappa shape index (κ2) is 8.77. The molecule has 0 saturated heterocycles. The van der Waals surface area contributed by atoms with Crippen LogP contribution in [0.1, 0.15) is 26.3 Å². The van der Waals surface area contributed by atoms with Gasteiger partial charge in [0.2, 0.25) is 0 Å². The molecule has 3 aromatic rings. The van der Waals surface area contributed by atoms with E-state index < -0.39 is 39.6 Å². The van der Waals surface area contributed by atoms with Crippen molar-refractivity contribution in [3.05, 3.63) is 66.1 Å². The average molecular weight is 525 g/mol. The van der Waals surface area contributed by atoms with E-state index >= 15 is 0 Å². The van der Waals surface area contributed by atoms with Gasteiger partial charge in [-0.25, -0.2) is 21.6 Å². The second-order valence-corrected chi connectivity index (χ2v) is 10.9. The van der Waals surface area contributed by atoms with Crippen LogP contribution in [0.15, 0.2) is 59.6 Å². The van der Waals surface area contributed by atoms with Gasteiger partial charge in [-0.15, -0.1) is 8.78 Å². The molecule has 8 nitrogen and oxygen atoms in total. The predicted octanol–water partition coefficient (Wildman–Crippen LogP) is 5.22. The number of benzene rings is 2. The van der Waals surface area contributed by atoms with Crippen molar-refractivity contribution in [3.63, 3.8) is 0 Å². The Balaban J connectivity index is 1.76. The molecular weight excluding hydrogens is 501 g/mol. The van der Waals surface area contributed by atoms with Gasteiger partial charge in [-0.2, -0.15) is 0 Å². The quantitative estimate of drug-likeness (QED) is 0.455. The Morgan fingerprint density at radius 2 is 1.75 bits per heavy atom. The van der Waals surface area contributed by atoms with Gasteiger partial charge in [-0.3, -0.25) is 0 Å². The van der Waals surface area contributed by atoms with E-state index in [9.17, 15) is 26.4 Å². The first kappa shape index (κ1) is 25.4. The summed E-state index contributed by atoms with van der Waals surface area (Å²) >= 11 is 0. The van der Waals surface area contributed by atoms with E-state index in [0.29, 0.717) is 5.56 Å². The zero-order valence-electron chi connectivity index (χ0n) is 19.8. The van der Waals surface area contributed by atoms with E-state index in [0.717, 1.165) is 22.2 Å². The van der Waals surface area contributed by atoms with Gasteiger partial charge < -0.3 is 19.1 Å². The van der Waals surface area contributed by atoms with Crippen LogP contribution in [0.4, 0.5) is 18.0 Å². The van der Waals surface area contributed by atoms with Gasteiger partial charge in [0.15, 0.2) is 11.5 Å². The van der Waals surface area contributed by atoms with E-state index in [1.165, 1.54) is 48.5 Å². The maximum absolute atomic E-state index is 14.7. The van der Waals surface area contributed by atoms with Crippen LogP contribution < -0.4 is 9.47 Å². The van der Waals surface area contributed by atoms with Crippen LogP contribution in [-0.2, 0) is 21.3 Å². The van der Waals surface area contributed by atoms with Gasteiger partial charge in [0.05, 0.1) is 17.1 Å². The molecule has 192 valence electrons. The molecule has 1 aromatic heterocycles. The first-order valence-electron chi connectivity index (χ1n) is 10.7. The maximum atomic E-state index is 14.7. The number of nitrogens with zero attached hydrogens (tertiary/aromatic N) is 2. The van der Waals surface area contributed by atoms with E-state index in [4.69, 9.17) is 4.74 Å². The largest absolute Gasteiger partial charge is 0.586 e. The number of hydrogen-bond acceptors (Lipinski definition) is 6. The van der Waals surface area contributed by atoms with Crippen molar-refractivity contribution in [1.29, 1.82) is 0 Å². The SMILES string of the molecule is CN(Cc1cc(-c2ccccc2F)n(S(=O)(=O)c2ccc3c(c2)OC(F)(F)O3)c1)C(=O)OC(C)(C)C. The molecule has 12 heteroatoms. The van der Waals surface area contributed by atoms with Crippen molar-refractivity contribution < 1.29 is 40.6 Å². The number of fused-ring (bicyclic) bond motifs is 1. The molecule has 0 spiro atoms. The fourth-order valence-electron chi connectivity index (χ4n) is 3.53. The summed E-state index contributed by atoms with van der Waals surface area (Å²) in [6.07, 6.45) is -3.32. The highest BCUT2D eigenvalue weighted by Gasteiger charge is 2.44. The first-order valence-corrected chi connectivity index (χ1v) is 12.2. The maximum Gasteiger partial charge on any atom is 0.586 e. The summed E-state index contributed by atoms with van der Waals surface area (Å²) in [5, 5.41) is 0. The summed E-state index contributed by atoms with van der Waals surface area (Å²) in [7, 11) is -2.95. The van der Waals surface area contributed by atoms with Crippen LogP contribution >= 0.6 is 0 Å². The van der Waals surface area contributed by atoms with Gasteiger partial charge in [-0.1, -0.05) is 12.1 Å². The zero-order chi connectivity index (χ0) is 26.5. The molecule has 1 aliphatic rings. The lowest BCUT2D eigenvalue weighted by Crippen LogP contribution is -2.33. The van der Waals surface area contributed by atoms with E-state index in [1.54, 1.807) is 20.8 Å². The number of amides is 1. The number of carbonyl (C=O) groups is 1. The number of alkyl halides is 2. The van der Waals surface area contributed by atoms with Crippen molar-refractivity contribution >= 4 is 16.1 Å². The molecule has 0 unspecified atom stereocenters. The summed E-state index contributed by atoms with van der Waals surface area (Å²) in [5.41, 5.74) is -0.421. The molecule has 36 heavy (non-hydrogen) atoms. The Labute approximate surface area is 205 Å². The summed E-state index contributed by atoms with van der Waals surface area (Å²) in [6.45, 7) is 5.07. The molecule has 0 atom stereocenters. The van der Waals surface area contributed by atoms with Crippen molar-refractivity contribution in [2.75, 3.05) is 7.05 Å². The Morgan fingerprint density at radius 3 is 2.42 bits per heavy atom. The van der Waals surface area contributed by atoms with E-state index in [-0.39, 0.29) is 28.4 Å². The van der Waals surface area contributed by atoms with Crippen molar-refractivity contribution in [1.82, 2.24) is 8.87 Å². The van der Waals surface area contributed by atoms with Gasteiger partial charge in [-0.05, 0) is 56.7 Å². The second-order valence-electron chi connectivity index (χ2n) is 9.13. The molecule has 0 aliphatic carbocycles. The summed E-state index contributed by atoms with van der Waals surface area (Å²) < 4.78 is 83.5. The Kier molecular flexibility index (Phi) is 6.19. The van der Waals surface area contributed by atoms with Crippen LogP contribution in [0.25, 0.3) is 11.3 Å². The van der Waals surface area contributed by atoms with Crippen LogP contribution in [0.5, 0.6) is 11.5 Å². The van der Waals surface area contributed by atoms with Crippen LogP contribution in [0.2, 0.25) is 0 Å². The van der Waals surface area contributed by atoms with Crippen molar-refractivity contribution in [2.24, 2.45) is 0 Å². The van der Waals surface area contributed by atoms with Crippen LogP contribution in [-0.4, -0.2) is 42.3 Å². The highest BCUT2D eigenvalue weighted by Crippen LogP contribution is 2.42. The molecule has 2 aromatic carbocycles. The van der Waals surface area contributed by atoms with Gasteiger partial charge in [0, 0.05) is 24.9 Å². The highest BCUT2D eigenvalue weighted by molar-refractivity contribution is 7.90. The molecule has 0 N–H and O–H groups in total. The van der Waals surface area contributed by atoms with E-state index in [1.807, 2.05) is 0 Å². The Hall–Kier alpha value is -3.67. The van der Waals surface area contributed by atoms with Gasteiger partial charge in [0.25, 0.3) is 10.0 Å². The summed E-state index contributed by atoms with van der Waals surface area (Å²) in [4.78, 5) is 13.2. The number of carbonyl (C=O) groups excluding carboxylic acids is 1. The number of aromatic nitrogens is 1. The van der Waals surface area contributed by atoms with E-state index in [2.05, 4.69) is 9.47 Å². The third-order valence-electron chi connectivity index (χ3n) is 5.05. The number of hydrogen-bond donors (Lipinski definition) is 0. The summed E-state index contributed by atoms with van der Waals surface area (Å²) in [6, 6.07) is 10.0. The molecule has 2 heterocycles. The number of rotatable bonds is 5. The van der Waals surface area contributed by atoms with Gasteiger partial charge in [0.1, 0.15) is 11.4 Å². The average Bonchev–Trinajstić information content (AvgIpc) is 3.31. The fraction of sp³-hybridized carbons (Fsp3) is 0.292. The predicted molar refractivity (Wildman–Crippen MR) is 123 cm³/mol. The monoisotopic (exact) mass is 524 g/mol. The van der Waals surface area contributed by atoms with Crippen molar-refractivity contribution in [2.45, 2.75) is 44.1 Å². The lowest BCUT2D eigenvalue weighted by atomic mass is 10.1. The lowest BCUT2D eigenvalue weighted by molar-refractivity contribution is -0.286. The van der Waals surface area contributed by atoms with Gasteiger partial charge >= 0.3 is 12.4 Å². The fourth-order valence-corrected chi connectivity index (χ4v) is 4.94. The summed E-state index contributed by atoms with van der Waals surface area (Å²) in [5.74, 6) is -1.45. The molecule has 0 radical (unpaired) electrons. The molecule has 1 aliphatic heterocycles.